The molecule has 0 aromatic rings. The van der Waals surface area contributed by atoms with Crippen molar-refractivity contribution in [2.24, 2.45) is 0 Å². The minimum absolute atomic E-state index is 0.273. The first-order valence-corrected chi connectivity index (χ1v) is 21.4. The van der Waals surface area contributed by atoms with Gasteiger partial charge in [0, 0.05) is 6.04 Å². The topological polar surface area (TPSA) is 77.0 Å². The van der Waals surface area contributed by atoms with Gasteiger partial charge >= 0.3 is 14.9 Å². The van der Waals surface area contributed by atoms with E-state index < -0.39 is 39.8 Å². The first-order chi connectivity index (χ1) is 11.5. The minimum Gasteiger partial charge on any atom is -0.465 e. The van der Waals surface area contributed by atoms with Crippen molar-refractivity contribution in [1.82, 2.24) is 5.32 Å². The summed E-state index contributed by atoms with van der Waals surface area (Å²) in [6.45, 7) is 23.2. The summed E-state index contributed by atoms with van der Waals surface area (Å²) in [5.74, 6) is 0. The number of amides is 1. The second-order valence-electron chi connectivity index (χ2n) is 9.51. The zero-order valence-corrected chi connectivity index (χ0v) is 22.1. The Labute approximate surface area is 164 Å². The summed E-state index contributed by atoms with van der Waals surface area (Å²) in [7, 11) is -8.48. The summed E-state index contributed by atoms with van der Waals surface area (Å²) < 4.78 is 19.8. The summed E-state index contributed by atoms with van der Waals surface area (Å²) >= 11 is 0. The molecule has 0 saturated heterocycles. The third-order valence-corrected chi connectivity index (χ3v) is 15.0. The lowest BCUT2D eigenvalue weighted by Crippen LogP contribution is -2.60. The lowest BCUT2D eigenvalue weighted by atomic mass is 10.2. The van der Waals surface area contributed by atoms with Crippen LogP contribution in [0.1, 0.15) is 12.8 Å². The molecule has 0 radical (unpaired) electrons. The number of hydrogen-bond donors (Lipinski definition) is 2. The highest BCUT2D eigenvalue weighted by Gasteiger charge is 2.49. The molecule has 1 amide bonds. The molecule has 0 aromatic heterocycles. The zero-order valence-electron chi connectivity index (χ0n) is 18.1. The molecular weight excluding hydrogens is 399 g/mol. The van der Waals surface area contributed by atoms with Gasteiger partial charge in [-0.05, 0) is 71.8 Å². The van der Waals surface area contributed by atoms with Crippen molar-refractivity contribution in [2.75, 3.05) is 0 Å². The predicted octanol–water partition coefficient (Wildman–Crippen LogP) is 5.08. The van der Waals surface area contributed by atoms with Crippen molar-refractivity contribution in [3.63, 3.8) is 0 Å². The van der Waals surface area contributed by atoms with E-state index in [0.717, 1.165) is 6.42 Å². The molecule has 0 heterocycles. The summed E-state index contributed by atoms with van der Waals surface area (Å²) in [6.07, 6.45) is 2.02. The molecule has 0 aliphatic carbocycles. The molecule has 0 rings (SSSR count). The first-order valence-electron chi connectivity index (χ1n) is 9.19. The highest BCUT2D eigenvalue weighted by atomic mass is 28.5. The van der Waals surface area contributed by atoms with Crippen molar-refractivity contribution < 1.29 is 22.2 Å². The van der Waals surface area contributed by atoms with Crippen LogP contribution in [0.2, 0.25) is 65.0 Å². The number of hydrogen-bond acceptors (Lipinski definition) is 4. The van der Waals surface area contributed by atoms with Gasteiger partial charge in [-0.2, -0.15) is 0 Å². The molecule has 6 nitrogen and oxygen atoms in total. The number of rotatable bonds is 12. The molecular formula is C16H39NO5Si4. The molecule has 0 spiro atoms. The highest BCUT2D eigenvalue weighted by molar-refractivity contribution is 6.90. The Bertz CT molecular complexity index is 428. The van der Waals surface area contributed by atoms with Crippen LogP contribution in [0.5, 0.6) is 0 Å². The normalized spacial score (nSPS) is 14.8. The molecule has 26 heavy (non-hydrogen) atoms. The second kappa shape index (κ2) is 9.80. The Morgan fingerprint density at radius 1 is 0.962 bits per heavy atom. The van der Waals surface area contributed by atoms with Crippen LogP contribution in [-0.4, -0.2) is 51.0 Å². The number of carbonyl (C=O) groups is 1. The van der Waals surface area contributed by atoms with Gasteiger partial charge in [-0.25, -0.2) is 4.79 Å². The van der Waals surface area contributed by atoms with Crippen molar-refractivity contribution in [3.8, 4) is 0 Å². The van der Waals surface area contributed by atoms with Gasteiger partial charge in [-0.1, -0.05) is 6.08 Å². The third kappa shape index (κ3) is 13.0. The molecule has 0 bridgehead atoms. The molecule has 1 unspecified atom stereocenters. The smallest absolute Gasteiger partial charge is 0.465 e. The number of nitrogens with one attached hydrogen (secondary N) is 1. The Morgan fingerprint density at radius 2 is 1.35 bits per heavy atom. The fraction of sp³-hybridized carbons (Fsp3) is 0.812. The average molecular weight is 438 g/mol. The van der Waals surface area contributed by atoms with Crippen LogP contribution in [-0.2, 0) is 12.3 Å². The summed E-state index contributed by atoms with van der Waals surface area (Å²) in [4.78, 5) is 10.9. The second-order valence-corrected chi connectivity index (χ2v) is 26.5. The maximum absolute atomic E-state index is 10.9. The Morgan fingerprint density at radius 3 is 1.62 bits per heavy atom. The van der Waals surface area contributed by atoms with Crippen LogP contribution in [0.25, 0.3) is 0 Å². The van der Waals surface area contributed by atoms with E-state index in [4.69, 9.17) is 17.5 Å². The lowest BCUT2D eigenvalue weighted by Gasteiger charge is -2.43. The average Bonchev–Trinajstić information content (AvgIpc) is 2.29. The molecule has 0 fully saturated rings. The molecule has 0 saturated carbocycles. The van der Waals surface area contributed by atoms with E-state index >= 15 is 0 Å². The standard InChI is InChI=1S/C16H39NO5Si4/c1-11-15(17-16(18)19)13-12-14-26(20-23(2,3)4,21-24(5,6)7)22-25(8,9)10/h11,15,17H,1,12-14H2,2-10H3,(H,18,19). The van der Waals surface area contributed by atoms with Gasteiger partial charge in [-0.3, -0.25) is 0 Å². The van der Waals surface area contributed by atoms with Gasteiger partial charge in [0.05, 0.1) is 6.04 Å². The lowest BCUT2D eigenvalue weighted by molar-refractivity contribution is 0.191. The van der Waals surface area contributed by atoms with E-state index in [9.17, 15) is 4.79 Å². The van der Waals surface area contributed by atoms with Crippen molar-refractivity contribution in [1.29, 1.82) is 0 Å². The Balaban J connectivity index is 5.43. The van der Waals surface area contributed by atoms with Crippen LogP contribution in [0.3, 0.4) is 0 Å². The predicted molar refractivity (Wildman–Crippen MR) is 118 cm³/mol. The van der Waals surface area contributed by atoms with Crippen LogP contribution >= 0.6 is 0 Å². The SMILES string of the molecule is C=CC(CCC[Si](O[Si](C)(C)C)(O[Si](C)(C)C)O[Si](C)(C)C)NC(=O)O. The van der Waals surface area contributed by atoms with Gasteiger partial charge in [0.1, 0.15) is 0 Å². The number of carboxylic acid groups (broad SMARTS) is 1. The van der Waals surface area contributed by atoms with Crippen LogP contribution < -0.4 is 5.32 Å². The molecule has 0 aromatic carbocycles. The molecule has 10 heteroatoms. The molecule has 2 N–H and O–H groups in total. The van der Waals surface area contributed by atoms with Crippen molar-refractivity contribution >= 4 is 39.8 Å². The maximum Gasteiger partial charge on any atom is 0.469 e. The van der Waals surface area contributed by atoms with Crippen LogP contribution in [0.15, 0.2) is 12.7 Å². The molecule has 154 valence electrons. The Hall–Kier alpha value is -0.242. The Kier molecular flexibility index (Phi) is 9.71. The van der Waals surface area contributed by atoms with Crippen LogP contribution in [0.4, 0.5) is 4.79 Å². The molecule has 0 aliphatic heterocycles. The highest BCUT2D eigenvalue weighted by Crippen LogP contribution is 2.30. The van der Waals surface area contributed by atoms with E-state index in [1.165, 1.54) is 0 Å². The third-order valence-electron chi connectivity index (χ3n) is 2.98. The van der Waals surface area contributed by atoms with Gasteiger partial charge in [0.2, 0.25) is 0 Å². The minimum atomic E-state index is -2.85. The van der Waals surface area contributed by atoms with Gasteiger partial charge < -0.3 is 22.8 Å². The van der Waals surface area contributed by atoms with Crippen molar-refractivity contribution in [2.45, 2.75) is 83.9 Å². The zero-order chi connectivity index (χ0) is 20.8. The van der Waals surface area contributed by atoms with E-state index in [-0.39, 0.29) is 6.04 Å². The maximum atomic E-state index is 10.9. The van der Waals surface area contributed by atoms with E-state index in [0.29, 0.717) is 12.5 Å². The van der Waals surface area contributed by atoms with E-state index in [2.05, 4.69) is 70.8 Å². The van der Waals surface area contributed by atoms with E-state index in [1.54, 1.807) is 6.08 Å². The van der Waals surface area contributed by atoms with Gasteiger partial charge in [0.15, 0.2) is 25.0 Å². The van der Waals surface area contributed by atoms with Crippen LogP contribution in [0, 0.1) is 0 Å². The quantitative estimate of drug-likeness (QED) is 0.329. The fourth-order valence-corrected chi connectivity index (χ4v) is 17.2. The van der Waals surface area contributed by atoms with Gasteiger partial charge in [0.25, 0.3) is 0 Å². The van der Waals surface area contributed by atoms with Gasteiger partial charge in [-0.15, -0.1) is 6.58 Å². The molecule has 1 atom stereocenters. The first kappa shape index (κ1) is 25.8. The van der Waals surface area contributed by atoms with Crippen molar-refractivity contribution in [3.05, 3.63) is 12.7 Å². The fourth-order valence-electron chi connectivity index (χ4n) is 2.56. The molecule has 0 aliphatic rings. The summed E-state index contributed by atoms with van der Waals surface area (Å²) in [5.41, 5.74) is 0. The monoisotopic (exact) mass is 437 g/mol. The van der Waals surface area contributed by atoms with E-state index in [1.807, 2.05) is 0 Å². The largest absolute Gasteiger partial charge is 0.469 e. The summed E-state index contributed by atoms with van der Waals surface area (Å²) in [6, 6.07) is 0.433. The summed E-state index contributed by atoms with van der Waals surface area (Å²) in [5, 5.41) is 11.4.